The third kappa shape index (κ3) is 3.52. The van der Waals surface area contributed by atoms with Gasteiger partial charge in [-0.25, -0.2) is 17.9 Å². The number of aromatic carboxylic acids is 1. The van der Waals surface area contributed by atoms with Crippen molar-refractivity contribution in [1.29, 1.82) is 0 Å². The van der Waals surface area contributed by atoms with Crippen LogP contribution in [0.25, 0.3) is 0 Å². The van der Waals surface area contributed by atoms with Crippen LogP contribution < -0.4 is 4.72 Å². The van der Waals surface area contributed by atoms with E-state index in [1.807, 2.05) is 0 Å². The predicted octanol–water partition coefficient (Wildman–Crippen LogP) is 0.936. The Labute approximate surface area is 122 Å². The average molecular weight is 315 g/mol. The first-order valence-corrected chi connectivity index (χ1v) is 8.00. The van der Waals surface area contributed by atoms with Crippen molar-refractivity contribution in [2.24, 2.45) is 0 Å². The molecule has 1 fully saturated rings. The Morgan fingerprint density at radius 3 is 2.76 bits per heavy atom. The first-order chi connectivity index (χ1) is 9.81. The van der Waals surface area contributed by atoms with E-state index in [2.05, 4.69) is 4.72 Å². The summed E-state index contributed by atoms with van der Waals surface area (Å²) < 4.78 is 32.4. The quantitative estimate of drug-likeness (QED) is 0.745. The Bertz CT molecular complexity index is 636. The summed E-state index contributed by atoms with van der Waals surface area (Å²) in [5.74, 6) is -1.87. The summed E-state index contributed by atoms with van der Waals surface area (Å²) in [6, 6.07) is 2.73. The molecule has 0 radical (unpaired) electrons. The Morgan fingerprint density at radius 2 is 2.19 bits per heavy atom. The molecule has 0 aromatic heterocycles. The van der Waals surface area contributed by atoms with Crippen LogP contribution in [0.4, 0.5) is 0 Å². The number of hydrogen-bond acceptors (Lipinski definition) is 5. The fourth-order valence-corrected chi connectivity index (χ4v) is 3.54. The van der Waals surface area contributed by atoms with E-state index in [0.717, 1.165) is 31.0 Å². The maximum absolute atomic E-state index is 12.2. The van der Waals surface area contributed by atoms with Gasteiger partial charge in [-0.1, -0.05) is 0 Å². The number of nitrogens with one attached hydrogen (secondary N) is 1. The highest BCUT2D eigenvalue weighted by atomic mass is 32.2. The van der Waals surface area contributed by atoms with Gasteiger partial charge in [0, 0.05) is 12.6 Å². The van der Waals surface area contributed by atoms with Crippen LogP contribution in [0.3, 0.4) is 0 Å². The molecule has 1 aromatic carbocycles. The summed E-state index contributed by atoms with van der Waals surface area (Å²) in [7, 11) is -3.87. The van der Waals surface area contributed by atoms with Gasteiger partial charge in [-0.15, -0.1) is 0 Å². The summed E-state index contributed by atoms with van der Waals surface area (Å²) in [6.45, 7) is 2.31. The molecule has 21 heavy (non-hydrogen) atoms. The highest BCUT2D eigenvalue weighted by Gasteiger charge is 2.27. The lowest BCUT2D eigenvalue weighted by atomic mass is 10.1. The van der Waals surface area contributed by atoms with Crippen molar-refractivity contribution >= 4 is 16.0 Å². The van der Waals surface area contributed by atoms with E-state index in [9.17, 15) is 18.3 Å². The smallest absolute Gasteiger partial charge is 0.339 e. The fraction of sp³-hybridized carbons (Fsp3) is 0.462. The van der Waals surface area contributed by atoms with Crippen LogP contribution in [0, 0.1) is 0 Å². The molecule has 1 heterocycles. The number of rotatable bonds is 5. The topological polar surface area (TPSA) is 113 Å². The lowest BCUT2D eigenvalue weighted by molar-refractivity contribution is 0.0693. The van der Waals surface area contributed by atoms with Gasteiger partial charge in [0.25, 0.3) is 0 Å². The van der Waals surface area contributed by atoms with Gasteiger partial charge in [0.2, 0.25) is 10.0 Å². The van der Waals surface area contributed by atoms with Crippen LogP contribution in [0.1, 0.15) is 30.1 Å². The molecule has 8 heteroatoms. The normalized spacial score (nSPS) is 20.3. The third-order valence-electron chi connectivity index (χ3n) is 3.37. The molecule has 2 atom stereocenters. The van der Waals surface area contributed by atoms with Gasteiger partial charge < -0.3 is 14.9 Å². The average Bonchev–Trinajstić information content (AvgIpc) is 2.92. The summed E-state index contributed by atoms with van der Waals surface area (Å²) in [6.07, 6.45) is 1.48. The summed E-state index contributed by atoms with van der Waals surface area (Å²) >= 11 is 0. The van der Waals surface area contributed by atoms with Crippen LogP contribution in [0.15, 0.2) is 23.1 Å². The minimum atomic E-state index is -3.87. The van der Waals surface area contributed by atoms with E-state index in [4.69, 9.17) is 9.84 Å². The summed E-state index contributed by atoms with van der Waals surface area (Å²) in [5.41, 5.74) is -0.456. The predicted molar refractivity (Wildman–Crippen MR) is 73.8 cm³/mol. The number of aromatic hydroxyl groups is 1. The molecule has 2 rings (SSSR count). The molecule has 1 saturated heterocycles. The molecule has 2 unspecified atom stereocenters. The summed E-state index contributed by atoms with van der Waals surface area (Å²) in [5, 5.41) is 18.3. The Kier molecular flexibility index (Phi) is 4.50. The van der Waals surface area contributed by atoms with Gasteiger partial charge in [0.05, 0.1) is 11.0 Å². The van der Waals surface area contributed by atoms with Crippen LogP contribution >= 0.6 is 0 Å². The number of carboxylic acid groups (broad SMARTS) is 1. The first kappa shape index (κ1) is 15.7. The van der Waals surface area contributed by atoms with E-state index in [0.29, 0.717) is 6.61 Å². The second-order valence-corrected chi connectivity index (χ2v) is 6.66. The van der Waals surface area contributed by atoms with Gasteiger partial charge in [-0.3, -0.25) is 0 Å². The van der Waals surface area contributed by atoms with Crippen LogP contribution in [0.5, 0.6) is 5.75 Å². The molecule has 0 aliphatic carbocycles. The van der Waals surface area contributed by atoms with Crippen LogP contribution in [0.2, 0.25) is 0 Å². The molecule has 7 nitrogen and oxygen atoms in total. The molecular weight excluding hydrogens is 298 g/mol. The molecule has 1 aliphatic rings. The highest BCUT2D eigenvalue weighted by molar-refractivity contribution is 7.89. The van der Waals surface area contributed by atoms with E-state index in [1.165, 1.54) is 0 Å². The second kappa shape index (κ2) is 6.00. The lowest BCUT2D eigenvalue weighted by Gasteiger charge is -2.20. The van der Waals surface area contributed by atoms with Gasteiger partial charge >= 0.3 is 5.97 Å². The minimum Gasteiger partial charge on any atom is -0.507 e. The molecule has 0 saturated carbocycles. The van der Waals surface area contributed by atoms with Crippen molar-refractivity contribution in [3.63, 3.8) is 0 Å². The van der Waals surface area contributed by atoms with Crippen LogP contribution in [-0.4, -0.2) is 43.4 Å². The largest absolute Gasteiger partial charge is 0.507 e. The third-order valence-corrected chi connectivity index (χ3v) is 4.93. The van der Waals surface area contributed by atoms with Gasteiger partial charge in [-0.05, 0) is 38.0 Å². The number of sulfonamides is 1. The Hall–Kier alpha value is -1.64. The molecular formula is C13H17NO6S. The number of carbonyl (C=O) groups is 1. The van der Waals surface area contributed by atoms with Crippen molar-refractivity contribution in [2.45, 2.75) is 36.8 Å². The molecule has 0 bridgehead atoms. The molecule has 0 spiro atoms. The number of benzene rings is 1. The van der Waals surface area contributed by atoms with Gasteiger partial charge in [-0.2, -0.15) is 0 Å². The number of carboxylic acids is 1. The van der Waals surface area contributed by atoms with Crippen molar-refractivity contribution in [3.8, 4) is 5.75 Å². The maximum Gasteiger partial charge on any atom is 0.339 e. The van der Waals surface area contributed by atoms with E-state index in [-0.39, 0.29) is 11.0 Å². The molecule has 1 aliphatic heterocycles. The standard InChI is InChI=1S/C13H17NO6S/c1-8(12-3-2-6-20-12)14-21(18,19)9-4-5-11(15)10(7-9)13(16)17/h4-5,7-8,12,14-15H,2-3,6H2,1H3,(H,16,17). The van der Waals surface area contributed by atoms with Gasteiger partial charge in [0.15, 0.2) is 0 Å². The van der Waals surface area contributed by atoms with Crippen molar-refractivity contribution in [1.82, 2.24) is 4.72 Å². The Morgan fingerprint density at radius 1 is 1.48 bits per heavy atom. The van der Waals surface area contributed by atoms with Crippen LogP contribution in [-0.2, 0) is 14.8 Å². The minimum absolute atomic E-state index is 0.184. The zero-order valence-corrected chi connectivity index (χ0v) is 12.3. The van der Waals surface area contributed by atoms with Crippen molar-refractivity contribution in [3.05, 3.63) is 23.8 Å². The molecule has 0 amide bonds. The monoisotopic (exact) mass is 315 g/mol. The molecule has 3 N–H and O–H groups in total. The zero-order chi connectivity index (χ0) is 15.6. The van der Waals surface area contributed by atoms with E-state index < -0.39 is 33.3 Å². The van der Waals surface area contributed by atoms with E-state index in [1.54, 1.807) is 6.92 Å². The zero-order valence-electron chi connectivity index (χ0n) is 11.4. The van der Waals surface area contributed by atoms with Crippen molar-refractivity contribution < 1.29 is 28.2 Å². The number of phenols is 1. The number of hydrogen-bond donors (Lipinski definition) is 3. The van der Waals surface area contributed by atoms with E-state index >= 15 is 0 Å². The van der Waals surface area contributed by atoms with Crippen molar-refractivity contribution in [2.75, 3.05) is 6.61 Å². The fourth-order valence-electron chi connectivity index (χ4n) is 2.24. The number of ether oxygens (including phenoxy) is 1. The first-order valence-electron chi connectivity index (χ1n) is 6.51. The second-order valence-electron chi connectivity index (χ2n) is 4.95. The van der Waals surface area contributed by atoms with Gasteiger partial charge in [0.1, 0.15) is 11.3 Å². The molecule has 116 valence electrons. The SMILES string of the molecule is CC(NS(=O)(=O)c1ccc(O)c(C(=O)O)c1)C1CCCO1. The lowest BCUT2D eigenvalue weighted by Crippen LogP contribution is -2.40. The highest BCUT2D eigenvalue weighted by Crippen LogP contribution is 2.22. The Balaban J connectivity index is 2.23. The summed E-state index contributed by atoms with van der Waals surface area (Å²) in [4.78, 5) is 10.7. The maximum atomic E-state index is 12.2. The molecule has 1 aromatic rings.